The van der Waals surface area contributed by atoms with Crippen molar-refractivity contribution in [3.8, 4) is 5.75 Å². The smallest absolute Gasteiger partial charge is 0.311 e. The van der Waals surface area contributed by atoms with Crippen molar-refractivity contribution >= 4 is 11.6 Å². The molecule has 1 aromatic rings. The summed E-state index contributed by atoms with van der Waals surface area (Å²) in [5.41, 5.74) is -0.145. The monoisotopic (exact) mass is 282 g/mol. The van der Waals surface area contributed by atoms with Crippen molar-refractivity contribution in [3.63, 3.8) is 0 Å². The molecule has 0 aliphatic carbocycles. The summed E-state index contributed by atoms with van der Waals surface area (Å²) >= 11 is 0. The quantitative estimate of drug-likeness (QED) is 0.582. The van der Waals surface area contributed by atoms with Crippen molar-refractivity contribution in [2.75, 3.05) is 13.7 Å². The highest BCUT2D eigenvalue weighted by atomic mass is 16.6. The van der Waals surface area contributed by atoms with Crippen molar-refractivity contribution < 1.29 is 19.6 Å². The van der Waals surface area contributed by atoms with Gasteiger partial charge >= 0.3 is 5.69 Å². The Balaban J connectivity index is 3.03. The Morgan fingerprint density at radius 1 is 1.55 bits per heavy atom. The van der Waals surface area contributed by atoms with Gasteiger partial charge in [-0.15, -0.1) is 0 Å². The number of amides is 1. The molecule has 1 unspecified atom stereocenters. The molecule has 2 N–H and O–H groups in total. The Labute approximate surface area is 116 Å². The first-order valence-electron chi connectivity index (χ1n) is 6.28. The Hall–Kier alpha value is -2.15. The summed E-state index contributed by atoms with van der Waals surface area (Å²) in [6, 6.07) is 3.99. The lowest BCUT2D eigenvalue weighted by Gasteiger charge is -2.16. The minimum atomic E-state index is -0.597. The Bertz CT molecular complexity index is 490. The lowest BCUT2D eigenvalue weighted by molar-refractivity contribution is -0.385. The minimum absolute atomic E-state index is 0.0368. The van der Waals surface area contributed by atoms with Crippen LogP contribution >= 0.6 is 0 Å². The summed E-state index contributed by atoms with van der Waals surface area (Å²) in [6.45, 7) is 1.84. The van der Waals surface area contributed by atoms with Crippen LogP contribution in [0, 0.1) is 10.1 Å². The molecule has 0 aliphatic heterocycles. The number of aliphatic hydroxyl groups excluding tert-OH is 1. The molecule has 1 aromatic carbocycles. The number of hydrogen-bond donors (Lipinski definition) is 2. The first-order valence-corrected chi connectivity index (χ1v) is 6.28. The maximum Gasteiger partial charge on any atom is 0.311 e. The maximum atomic E-state index is 12.1. The van der Waals surface area contributed by atoms with E-state index in [2.05, 4.69) is 5.32 Å². The zero-order valence-electron chi connectivity index (χ0n) is 11.5. The van der Waals surface area contributed by atoms with Crippen LogP contribution in [0.15, 0.2) is 18.2 Å². The van der Waals surface area contributed by atoms with Crippen LogP contribution in [0.1, 0.15) is 30.1 Å². The SMILES string of the molecule is CCC(CCO)NC(=O)c1cccc([N+](=O)[O-])c1OC. The third-order valence-corrected chi connectivity index (χ3v) is 2.95. The number of para-hydroxylation sites is 1. The van der Waals surface area contributed by atoms with Crippen LogP contribution in [0.2, 0.25) is 0 Å². The summed E-state index contributed by atoms with van der Waals surface area (Å²) in [6.07, 6.45) is 1.09. The van der Waals surface area contributed by atoms with Crippen LogP contribution in [0.25, 0.3) is 0 Å². The highest BCUT2D eigenvalue weighted by Crippen LogP contribution is 2.30. The number of nitrogens with zero attached hydrogens (tertiary/aromatic N) is 1. The number of hydrogen-bond acceptors (Lipinski definition) is 5. The van der Waals surface area contributed by atoms with Crippen LogP contribution in [0.4, 0.5) is 5.69 Å². The molecule has 1 rings (SSSR count). The predicted molar refractivity (Wildman–Crippen MR) is 72.9 cm³/mol. The summed E-state index contributed by atoms with van der Waals surface area (Å²) in [5.74, 6) is -0.514. The molecule has 0 radical (unpaired) electrons. The fraction of sp³-hybridized carbons (Fsp3) is 0.462. The number of ether oxygens (including phenoxy) is 1. The van der Waals surface area contributed by atoms with Gasteiger partial charge in [-0.3, -0.25) is 14.9 Å². The van der Waals surface area contributed by atoms with E-state index in [0.29, 0.717) is 12.8 Å². The average Bonchev–Trinajstić information content (AvgIpc) is 2.45. The molecular weight excluding hydrogens is 264 g/mol. The van der Waals surface area contributed by atoms with Gasteiger partial charge in [-0.2, -0.15) is 0 Å². The van der Waals surface area contributed by atoms with Crippen molar-refractivity contribution in [1.29, 1.82) is 0 Å². The molecule has 0 aliphatic rings. The van der Waals surface area contributed by atoms with E-state index >= 15 is 0 Å². The maximum absolute atomic E-state index is 12.1. The number of nitro groups is 1. The van der Waals surface area contributed by atoms with E-state index in [1.54, 1.807) is 0 Å². The van der Waals surface area contributed by atoms with Gasteiger partial charge in [0.15, 0.2) is 0 Å². The van der Waals surface area contributed by atoms with E-state index in [0.717, 1.165) is 0 Å². The molecule has 0 spiro atoms. The van der Waals surface area contributed by atoms with Gasteiger partial charge in [0.05, 0.1) is 17.6 Å². The Morgan fingerprint density at radius 2 is 2.25 bits per heavy atom. The number of nitro benzene ring substituents is 1. The van der Waals surface area contributed by atoms with Gasteiger partial charge in [0.2, 0.25) is 5.75 Å². The van der Waals surface area contributed by atoms with E-state index in [4.69, 9.17) is 9.84 Å². The van der Waals surface area contributed by atoms with E-state index in [1.165, 1.54) is 25.3 Å². The number of carbonyl (C=O) groups excluding carboxylic acids is 1. The van der Waals surface area contributed by atoms with E-state index < -0.39 is 10.8 Å². The topological polar surface area (TPSA) is 102 Å². The highest BCUT2D eigenvalue weighted by molar-refractivity contribution is 5.98. The van der Waals surface area contributed by atoms with E-state index in [-0.39, 0.29) is 29.6 Å². The zero-order valence-corrected chi connectivity index (χ0v) is 11.5. The molecule has 7 nitrogen and oxygen atoms in total. The molecule has 0 bridgehead atoms. The molecular formula is C13H18N2O5. The average molecular weight is 282 g/mol. The molecule has 0 heterocycles. The van der Waals surface area contributed by atoms with Gasteiger partial charge < -0.3 is 15.2 Å². The first kappa shape index (κ1) is 15.9. The van der Waals surface area contributed by atoms with E-state index in [9.17, 15) is 14.9 Å². The second kappa shape index (κ2) is 7.44. The summed E-state index contributed by atoms with van der Waals surface area (Å²) < 4.78 is 4.98. The fourth-order valence-corrected chi connectivity index (χ4v) is 1.86. The molecule has 7 heteroatoms. The lowest BCUT2D eigenvalue weighted by Crippen LogP contribution is -2.35. The van der Waals surface area contributed by atoms with Gasteiger partial charge in [0.25, 0.3) is 5.91 Å². The summed E-state index contributed by atoms with van der Waals surface area (Å²) in [5, 5.41) is 22.5. The Kier molecular flexibility index (Phi) is 5.92. The van der Waals surface area contributed by atoms with Gasteiger partial charge in [0.1, 0.15) is 0 Å². The van der Waals surface area contributed by atoms with Crippen LogP contribution < -0.4 is 10.1 Å². The first-order chi connectivity index (χ1) is 9.54. The van der Waals surface area contributed by atoms with Crippen LogP contribution in [0.5, 0.6) is 5.75 Å². The highest BCUT2D eigenvalue weighted by Gasteiger charge is 2.23. The second-order valence-corrected chi connectivity index (χ2v) is 4.21. The lowest BCUT2D eigenvalue weighted by atomic mass is 10.1. The molecule has 0 aromatic heterocycles. The standard InChI is InChI=1S/C13H18N2O5/c1-3-9(7-8-16)14-13(17)10-5-4-6-11(15(18)19)12(10)20-2/h4-6,9,16H,3,7-8H2,1-2H3,(H,14,17). The van der Waals surface area contributed by atoms with Crippen molar-refractivity contribution in [2.45, 2.75) is 25.8 Å². The summed E-state index contributed by atoms with van der Waals surface area (Å²) in [4.78, 5) is 22.4. The normalized spacial score (nSPS) is 11.8. The van der Waals surface area contributed by atoms with Crippen molar-refractivity contribution in [2.24, 2.45) is 0 Å². The van der Waals surface area contributed by atoms with Crippen LogP contribution in [-0.2, 0) is 0 Å². The van der Waals surface area contributed by atoms with Crippen molar-refractivity contribution in [3.05, 3.63) is 33.9 Å². The van der Waals surface area contributed by atoms with Gasteiger partial charge in [-0.1, -0.05) is 13.0 Å². The number of aliphatic hydroxyl groups is 1. The Morgan fingerprint density at radius 3 is 2.75 bits per heavy atom. The molecule has 110 valence electrons. The second-order valence-electron chi connectivity index (χ2n) is 4.21. The van der Waals surface area contributed by atoms with Gasteiger partial charge in [0, 0.05) is 18.7 Å². The number of rotatable bonds is 7. The molecule has 0 fully saturated rings. The molecule has 0 saturated heterocycles. The molecule has 1 amide bonds. The zero-order chi connectivity index (χ0) is 15.1. The third kappa shape index (κ3) is 3.67. The van der Waals surface area contributed by atoms with Crippen molar-refractivity contribution in [1.82, 2.24) is 5.32 Å². The number of benzene rings is 1. The number of carbonyl (C=O) groups is 1. The molecule has 20 heavy (non-hydrogen) atoms. The molecule has 1 atom stereocenters. The third-order valence-electron chi connectivity index (χ3n) is 2.95. The summed E-state index contributed by atoms with van der Waals surface area (Å²) in [7, 11) is 1.28. The number of nitrogens with one attached hydrogen (secondary N) is 1. The number of methoxy groups -OCH3 is 1. The largest absolute Gasteiger partial charge is 0.490 e. The van der Waals surface area contributed by atoms with Gasteiger partial charge in [-0.05, 0) is 18.9 Å². The fourth-order valence-electron chi connectivity index (χ4n) is 1.86. The van der Waals surface area contributed by atoms with Gasteiger partial charge in [-0.25, -0.2) is 0 Å². The van der Waals surface area contributed by atoms with Crippen LogP contribution in [-0.4, -0.2) is 35.7 Å². The van der Waals surface area contributed by atoms with Crippen LogP contribution in [0.3, 0.4) is 0 Å². The van der Waals surface area contributed by atoms with E-state index in [1.807, 2.05) is 6.92 Å². The predicted octanol–water partition coefficient (Wildman–Crippen LogP) is 1.49. The minimum Gasteiger partial charge on any atom is -0.490 e. The molecule has 0 saturated carbocycles.